The maximum absolute atomic E-state index is 12.4. The normalized spacial score (nSPS) is 31.3. The lowest BCUT2D eigenvalue weighted by Crippen LogP contribution is -2.44. The van der Waals surface area contributed by atoms with E-state index in [1.807, 2.05) is 18.7 Å². The van der Waals surface area contributed by atoms with Crippen LogP contribution in [-0.4, -0.2) is 55.5 Å². The molecule has 3 atom stereocenters. The first-order valence-electron chi connectivity index (χ1n) is 8.04. The van der Waals surface area contributed by atoms with E-state index in [4.69, 9.17) is 0 Å². The number of carbonyl (C=O) groups excluding carboxylic acids is 1. The summed E-state index contributed by atoms with van der Waals surface area (Å²) in [6.07, 6.45) is 3.85. The molecule has 0 radical (unpaired) electrons. The number of aliphatic hydroxyl groups is 1. The fourth-order valence-electron chi connectivity index (χ4n) is 3.88. The molecule has 2 heterocycles. The van der Waals surface area contributed by atoms with Gasteiger partial charge in [0.1, 0.15) is 5.82 Å². The van der Waals surface area contributed by atoms with Gasteiger partial charge in [0, 0.05) is 19.0 Å². The van der Waals surface area contributed by atoms with Crippen molar-refractivity contribution in [2.45, 2.75) is 50.3 Å². The molecule has 1 aliphatic heterocycles. The van der Waals surface area contributed by atoms with E-state index >= 15 is 0 Å². The van der Waals surface area contributed by atoms with Crippen LogP contribution in [-0.2, 0) is 4.79 Å². The van der Waals surface area contributed by atoms with Crippen LogP contribution >= 0.6 is 11.8 Å². The Morgan fingerprint density at radius 2 is 2.36 bits per heavy atom. The molecule has 2 N–H and O–H groups in total. The van der Waals surface area contributed by atoms with Crippen molar-refractivity contribution in [3.8, 4) is 0 Å². The third-order valence-electron chi connectivity index (χ3n) is 5.18. The van der Waals surface area contributed by atoms with Crippen molar-refractivity contribution in [2.75, 3.05) is 18.8 Å². The summed E-state index contributed by atoms with van der Waals surface area (Å²) < 4.78 is 0. The van der Waals surface area contributed by atoms with Gasteiger partial charge in [0.25, 0.3) is 0 Å². The summed E-state index contributed by atoms with van der Waals surface area (Å²) in [4.78, 5) is 18.6. The highest BCUT2D eigenvalue weighted by atomic mass is 32.2. The minimum atomic E-state index is -0.577. The molecule has 0 aromatic carbocycles. The van der Waals surface area contributed by atoms with Gasteiger partial charge < -0.3 is 10.0 Å². The smallest absolute Gasteiger partial charge is 0.233 e. The number of carbonyl (C=O) groups is 1. The minimum absolute atomic E-state index is 0.125. The van der Waals surface area contributed by atoms with Crippen LogP contribution in [0.3, 0.4) is 0 Å². The van der Waals surface area contributed by atoms with Crippen LogP contribution in [0.1, 0.15) is 38.4 Å². The second kappa shape index (κ2) is 6.20. The average molecular weight is 324 g/mol. The molecule has 6 nitrogen and oxygen atoms in total. The van der Waals surface area contributed by atoms with Crippen LogP contribution in [0.2, 0.25) is 0 Å². The Balaban J connectivity index is 1.58. The van der Waals surface area contributed by atoms with Crippen molar-refractivity contribution in [1.29, 1.82) is 0 Å². The summed E-state index contributed by atoms with van der Waals surface area (Å²) in [7, 11) is 0. The van der Waals surface area contributed by atoms with Crippen LogP contribution in [0.5, 0.6) is 0 Å². The molecule has 0 spiro atoms. The molecule has 3 rings (SSSR count). The third-order valence-corrected chi connectivity index (χ3v) is 6.01. The second-order valence-electron chi connectivity index (χ2n) is 6.51. The maximum Gasteiger partial charge on any atom is 0.233 e. The summed E-state index contributed by atoms with van der Waals surface area (Å²) in [6, 6.07) is 0. The quantitative estimate of drug-likeness (QED) is 0.822. The molecule has 1 aliphatic carbocycles. The highest BCUT2D eigenvalue weighted by molar-refractivity contribution is 7.99. The molecule has 1 aromatic heterocycles. The van der Waals surface area contributed by atoms with Gasteiger partial charge in [-0.2, -0.15) is 0 Å². The Morgan fingerprint density at radius 1 is 1.55 bits per heavy atom. The number of amides is 1. The molecule has 122 valence electrons. The molecule has 1 amide bonds. The summed E-state index contributed by atoms with van der Waals surface area (Å²) in [5.41, 5.74) is -0.577. The Morgan fingerprint density at radius 3 is 3.05 bits per heavy atom. The van der Waals surface area contributed by atoms with Gasteiger partial charge in [0.2, 0.25) is 11.1 Å². The summed E-state index contributed by atoms with van der Waals surface area (Å²) >= 11 is 1.37. The number of aromatic amines is 1. The van der Waals surface area contributed by atoms with Crippen LogP contribution in [0.15, 0.2) is 5.16 Å². The minimum Gasteiger partial charge on any atom is -0.390 e. The van der Waals surface area contributed by atoms with Gasteiger partial charge in [-0.25, -0.2) is 4.98 Å². The van der Waals surface area contributed by atoms with Gasteiger partial charge in [-0.15, -0.1) is 5.10 Å². The van der Waals surface area contributed by atoms with E-state index in [0.717, 1.165) is 38.1 Å². The van der Waals surface area contributed by atoms with Crippen LogP contribution in [0.25, 0.3) is 0 Å². The van der Waals surface area contributed by atoms with Crippen molar-refractivity contribution >= 4 is 17.7 Å². The molecule has 1 saturated heterocycles. The number of hydrogen-bond acceptors (Lipinski definition) is 5. The average Bonchev–Trinajstić information content (AvgIpc) is 3.12. The van der Waals surface area contributed by atoms with E-state index in [-0.39, 0.29) is 11.8 Å². The lowest BCUT2D eigenvalue weighted by Gasteiger charge is -2.40. The van der Waals surface area contributed by atoms with E-state index in [1.165, 1.54) is 11.8 Å². The Labute approximate surface area is 135 Å². The fraction of sp³-hybridized carbons (Fsp3) is 0.800. The zero-order valence-electron chi connectivity index (χ0n) is 13.2. The molecule has 2 fully saturated rings. The van der Waals surface area contributed by atoms with Gasteiger partial charge >= 0.3 is 0 Å². The SMILES string of the molecule is CC[C@]1(O)CCC[C@H]2CN(C(=O)CSc3n[nH]c(C)n3)C[C@H]21. The maximum atomic E-state index is 12.4. The Hall–Kier alpha value is -1.08. The van der Waals surface area contributed by atoms with Crippen molar-refractivity contribution in [3.63, 3.8) is 0 Å². The fourth-order valence-corrected chi connectivity index (χ4v) is 4.62. The van der Waals surface area contributed by atoms with Crippen LogP contribution < -0.4 is 0 Å². The number of hydrogen-bond donors (Lipinski definition) is 2. The number of H-pyrrole nitrogens is 1. The van der Waals surface area contributed by atoms with E-state index in [2.05, 4.69) is 15.2 Å². The Kier molecular flexibility index (Phi) is 4.45. The first-order valence-corrected chi connectivity index (χ1v) is 9.02. The number of nitrogens with zero attached hydrogens (tertiary/aromatic N) is 3. The summed E-state index contributed by atoms with van der Waals surface area (Å²) in [6.45, 7) is 5.38. The van der Waals surface area contributed by atoms with E-state index in [9.17, 15) is 9.90 Å². The molecule has 2 aliphatic rings. The highest BCUT2D eigenvalue weighted by Gasteiger charge is 2.48. The lowest BCUT2D eigenvalue weighted by molar-refractivity contribution is -0.127. The van der Waals surface area contributed by atoms with Crippen molar-refractivity contribution < 1.29 is 9.90 Å². The van der Waals surface area contributed by atoms with Gasteiger partial charge in [0.15, 0.2) is 0 Å². The zero-order chi connectivity index (χ0) is 15.7. The van der Waals surface area contributed by atoms with Crippen LogP contribution in [0, 0.1) is 18.8 Å². The molecule has 0 bridgehead atoms. The first kappa shape index (κ1) is 15.8. The van der Waals surface area contributed by atoms with Crippen molar-refractivity contribution in [2.24, 2.45) is 11.8 Å². The number of aryl methyl sites for hydroxylation is 1. The standard InChI is InChI=1S/C15H24N4O2S/c1-3-15(21)6-4-5-11-7-19(8-12(11)15)13(20)9-22-14-16-10(2)17-18-14/h11-12,21H,3-9H2,1-2H3,(H,16,17,18)/t11-,12+,15-/m0/s1. The number of likely N-dealkylation sites (tertiary alicyclic amines) is 1. The lowest BCUT2D eigenvalue weighted by atomic mass is 9.69. The number of nitrogens with one attached hydrogen (secondary N) is 1. The molecular weight excluding hydrogens is 300 g/mol. The van der Waals surface area contributed by atoms with Crippen molar-refractivity contribution in [3.05, 3.63) is 5.82 Å². The largest absolute Gasteiger partial charge is 0.390 e. The van der Waals surface area contributed by atoms with Crippen LogP contribution in [0.4, 0.5) is 0 Å². The summed E-state index contributed by atoms with van der Waals surface area (Å²) in [5, 5.41) is 18.2. The highest BCUT2D eigenvalue weighted by Crippen LogP contribution is 2.44. The van der Waals surface area contributed by atoms with E-state index < -0.39 is 5.60 Å². The zero-order valence-corrected chi connectivity index (χ0v) is 14.0. The molecule has 22 heavy (non-hydrogen) atoms. The predicted octanol–water partition coefficient (Wildman–Crippen LogP) is 1.60. The van der Waals surface area contributed by atoms with Gasteiger partial charge in [0.05, 0.1) is 11.4 Å². The topological polar surface area (TPSA) is 82.1 Å². The molecule has 1 saturated carbocycles. The van der Waals surface area contributed by atoms with Gasteiger partial charge in [-0.1, -0.05) is 25.1 Å². The van der Waals surface area contributed by atoms with E-state index in [0.29, 0.717) is 23.4 Å². The number of aromatic nitrogens is 3. The molecular formula is C15H24N4O2S. The number of thioether (sulfide) groups is 1. The second-order valence-corrected chi connectivity index (χ2v) is 7.45. The van der Waals surface area contributed by atoms with Gasteiger partial charge in [-0.3, -0.25) is 9.89 Å². The van der Waals surface area contributed by atoms with Crippen molar-refractivity contribution in [1.82, 2.24) is 20.1 Å². The molecule has 1 aromatic rings. The molecule has 0 unspecified atom stereocenters. The number of fused-ring (bicyclic) bond motifs is 1. The first-order chi connectivity index (χ1) is 10.5. The van der Waals surface area contributed by atoms with E-state index in [1.54, 1.807) is 0 Å². The monoisotopic (exact) mass is 324 g/mol. The third kappa shape index (κ3) is 3.01. The van der Waals surface area contributed by atoms with Gasteiger partial charge in [-0.05, 0) is 32.1 Å². The Bertz CT molecular complexity index is 549. The predicted molar refractivity (Wildman–Crippen MR) is 84.5 cm³/mol. The summed E-state index contributed by atoms with van der Waals surface area (Å²) in [5.74, 6) is 1.95. The number of rotatable bonds is 4. The molecule has 7 heteroatoms.